The van der Waals surface area contributed by atoms with Gasteiger partial charge in [0.2, 0.25) is 0 Å². The third-order valence-corrected chi connectivity index (χ3v) is 6.24. The molecule has 3 heterocycles. The molecule has 0 bridgehead atoms. The molecule has 4 aliphatic rings. The van der Waals surface area contributed by atoms with Gasteiger partial charge in [0.05, 0.1) is 37.9 Å². The molecule has 1 aliphatic carbocycles. The zero-order valence-electron chi connectivity index (χ0n) is 16.8. The van der Waals surface area contributed by atoms with E-state index in [1.165, 1.54) is 0 Å². The molecule has 0 radical (unpaired) electrons. The number of allylic oxidation sites excluding steroid dienone is 2. The van der Waals surface area contributed by atoms with Crippen LogP contribution < -0.4 is 14.2 Å². The van der Waals surface area contributed by atoms with Gasteiger partial charge >= 0.3 is 0 Å². The molecule has 0 amide bonds. The Morgan fingerprint density at radius 1 is 1.21 bits per heavy atom. The maximum Gasteiger partial charge on any atom is 0.177 e. The van der Waals surface area contributed by atoms with E-state index in [0.29, 0.717) is 29.4 Å². The fraction of sp³-hybridized carbons (Fsp3) is 0.435. The molecule has 1 saturated heterocycles. The van der Waals surface area contributed by atoms with Crippen LogP contribution in [0.2, 0.25) is 0 Å². The van der Waals surface area contributed by atoms with E-state index in [1.807, 2.05) is 25.1 Å². The van der Waals surface area contributed by atoms with Crippen LogP contribution in [0, 0.1) is 5.92 Å². The summed E-state index contributed by atoms with van der Waals surface area (Å²) in [5.74, 6) is 2.17. The average Bonchev–Trinajstić information content (AvgIpc) is 3.17. The molecule has 5 atom stereocenters. The number of methoxy groups -OCH3 is 2. The molecule has 29 heavy (non-hydrogen) atoms. The Labute approximate surface area is 169 Å². The average molecular weight is 396 g/mol. The Bertz CT molecular complexity index is 958. The van der Waals surface area contributed by atoms with Gasteiger partial charge in [-0.1, -0.05) is 18.2 Å². The molecule has 0 saturated carbocycles. The Morgan fingerprint density at radius 3 is 2.69 bits per heavy atom. The van der Waals surface area contributed by atoms with Gasteiger partial charge in [0.1, 0.15) is 24.2 Å². The number of Topliss-reactive ketones (excluding diaryl/α,β-unsaturated/α-hetero) is 1. The monoisotopic (exact) mass is 396 g/mol. The lowest BCUT2D eigenvalue weighted by atomic mass is 9.77. The number of hydrogen-bond donors (Lipinski definition) is 0. The van der Waals surface area contributed by atoms with E-state index in [2.05, 4.69) is 6.58 Å². The van der Waals surface area contributed by atoms with Crippen molar-refractivity contribution in [1.29, 1.82) is 0 Å². The van der Waals surface area contributed by atoms with Crippen LogP contribution in [0.15, 0.2) is 47.8 Å². The minimum absolute atomic E-state index is 0.0158. The SMILES string of the molecule is C=C(C)C1CC2C3=C(C=CC2O1)C(=O)[C@H]1c2cc(OC)c(OC)cc2OC[C@H]1O3. The maximum atomic E-state index is 13.5. The highest BCUT2D eigenvalue weighted by Crippen LogP contribution is 2.49. The Morgan fingerprint density at radius 2 is 1.97 bits per heavy atom. The van der Waals surface area contributed by atoms with Crippen LogP contribution in [0.5, 0.6) is 17.2 Å². The van der Waals surface area contributed by atoms with E-state index in [0.717, 1.165) is 23.3 Å². The molecular weight excluding hydrogens is 372 g/mol. The number of rotatable bonds is 3. The van der Waals surface area contributed by atoms with E-state index in [4.69, 9.17) is 23.7 Å². The van der Waals surface area contributed by atoms with Gasteiger partial charge in [0, 0.05) is 17.5 Å². The van der Waals surface area contributed by atoms with Gasteiger partial charge in [-0.15, -0.1) is 0 Å². The van der Waals surface area contributed by atoms with Gasteiger partial charge in [-0.2, -0.15) is 0 Å². The number of carbonyl (C=O) groups is 1. The van der Waals surface area contributed by atoms with Crippen LogP contribution in [0.1, 0.15) is 24.8 Å². The third-order valence-electron chi connectivity index (χ3n) is 6.24. The lowest BCUT2D eigenvalue weighted by molar-refractivity contribution is -0.124. The minimum Gasteiger partial charge on any atom is -0.493 e. The number of ketones is 1. The highest BCUT2D eigenvalue weighted by Gasteiger charge is 2.49. The zero-order chi connectivity index (χ0) is 20.3. The summed E-state index contributed by atoms with van der Waals surface area (Å²) in [6.45, 7) is 6.30. The van der Waals surface area contributed by atoms with E-state index < -0.39 is 5.92 Å². The van der Waals surface area contributed by atoms with E-state index in [1.54, 1.807) is 20.3 Å². The molecule has 0 N–H and O–H groups in total. The van der Waals surface area contributed by atoms with Crippen molar-refractivity contribution in [2.75, 3.05) is 20.8 Å². The highest BCUT2D eigenvalue weighted by molar-refractivity contribution is 6.05. The number of hydrogen-bond acceptors (Lipinski definition) is 6. The summed E-state index contributed by atoms with van der Waals surface area (Å²) in [7, 11) is 3.15. The summed E-state index contributed by atoms with van der Waals surface area (Å²) in [4.78, 5) is 13.5. The fourth-order valence-corrected chi connectivity index (χ4v) is 4.74. The number of carbonyl (C=O) groups excluding carboxylic acids is 1. The predicted octanol–water partition coefficient (Wildman–Crippen LogP) is 3.32. The van der Waals surface area contributed by atoms with Gasteiger partial charge in [0.15, 0.2) is 17.3 Å². The van der Waals surface area contributed by atoms with Gasteiger partial charge in [0.25, 0.3) is 0 Å². The second kappa shape index (κ2) is 6.66. The first-order valence-corrected chi connectivity index (χ1v) is 9.84. The standard InChI is InChI=1S/C23H24O6/c1-11(2)16-8-14-15(28-16)6-5-12-22(24)21-13-7-18(25-3)19(26-4)9-17(13)27-10-20(21)29-23(12)14/h5-7,9,14-16,20-21H,1,8,10H2,2-4H3/t14?,15?,16?,20-,21+/m1/s1. The van der Waals surface area contributed by atoms with Crippen molar-refractivity contribution >= 4 is 5.78 Å². The Kier molecular flexibility index (Phi) is 4.21. The smallest absolute Gasteiger partial charge is 0.177 e. The van der Waals surface area contributed by atoms with Crippen LogP contribution in [-0.2, 0) is 14.3 Å². The zero-order valence-corrected chi connectivity index (χ0v) is 16.8. The molecule has 1 fully saturated rings. The molecule has 3 unspecified atom stereocenters. The molecule has 5 rings (SSSR count). The second-order valence-corrected chi connectivity index (χ2v) is 7.97. The largest absolute Gasteiger partial charge is 0.493 e. The topological polar surface area (TPSA) is 63.2 Å². The third kappa shape index (κ3) is 2.69. The molecule has 0 aromatic heterocycles. The van der Waals surface area contributed by atoms with Crippen LogP contribution in [-0.4, -0.2) is 44.9 Å². The molecule has 6 heteroatoms. The molecule has 1 aromatic rings. The van der Waals surface area contributed by atoms with Gasteiger partial charge in [-0.05, 0) is 25.5 Å². The Balaban J connectivity index is 1.53. The fourth-order valence-electron chi connectivity index (χ4n) is 4.74. The molecule has 152 valence electrons. The molecule has 1 aromatic carbocycles. The first kappa shape index (κ1) is 18.3. The van der Waals surface area contributed by atoms with Crippen molar-refractivity contribution in [3.05, 3.63) is 53.3 Å². The van der Waals surface area contributed by atoms with E-state index in [-0.39, 0.29) is 30.0 Å². The normalized spacial score (nSPS) is 31.7. The van der Waals surface area contributed by atoms with Crippen molar-refractivity contribution in [1.82, 2.24) is 0 Å². The summed E-state index contributed by atoms with van der Waals surface area (Å²) in [5, 5.41) is 0. The van der Waals surface area contributed by atoms with Gasteiger partial charge in [-0.3, -0.25) is 4.79 Å². The predicted molar refractivity (Wildman–Crippen MR) is 105 cm³/mol. The first-order valence-electron chi connectivity index (χ1n) is 9.84. The van der Waals surface area contributed by atoms with Crippen LogP contribution in [0.4, 0.5) is 0 Å². The van der Waals surface area contributed by atoms with Crippen molar-refractivity contribution in [2.24, 2.45) is 5.92 Å². The summed E-state index contributed by atoms with van der Waals surface area (Å²) in [5.41, 5.74) is 2.40. The maximum absolute atomic E-state index is 13.5. The lowest BCUT2D eigenvalue weighted by Crippen LogP contribution is -2.44. The molecule has 6 nitrogen and oxygen atoms in total. The van der Waals surface area contributed by atoms with Crippen molar-refractivity contribution < 1.29 is 28.5 Å². The summed E-state index contributed by atoms with van der Waals surface area (Å²) >= 11 is 0. The minimum atomic E-state index is -0.433. The Hall–Kier alpha value is -2.73. The second-order valence-electron chi connectivity index (χ2n) is 7.97. The lowest BCUT2D eigenvalue weighted by Gasteiger charge is -2.40. The molecule has 3 aliphatic heterocycles. The highest BCUT2D eigenvalue weighted by atomic mass is 16.5. The van der Waals surface area contributed by atoms with Crippen molar-refractivity contribution in [3.8, 4) is 17.2 Å². The summed E-state index contributed by atoms with van der Waals surface area (Å²) in [6, 6.07) is 3.60. The van der Waals surface area contributed by atoms with Gasteiger partial charge in [-0.25, -0.2) is 0 Å². The quantitative estimate of drug-likeness (QED) is 0.731. The first-order chi connectivity index (χ1) is 14.0. The van der Waals surface area contributed by atoms with E-state index in [9.17, 15) is 4.79 Å². The molecular formula is C23H24O6. The number of benzene rings is 1. The van der Waals surface area contributed by atoms with Crippen molar-refractivity contribution in [2.45, 2.75) is 37.6 Å². The number of fused-ring (bicyclic) bond motifs is 5. The summed E-state index contributed by atoms with van der Waals surface area (Å²) in [6.07, 6.45) is 4.13. The molecule has 0 spiro atoms. The van der Waals surface area contributed by atoms with Crippen LogP contribution in [0.3, 0.4) is 0 Å². The van der Waals surface area contributed by atoms with Gasteiger partial charge < -0.3 is 23.7 Å². The van der Waals surface area contributed by atoms with Crippen molar-refractivity contribution in [3.63, 3.8) is 0 Å². The van der Waals surface area contributed by atoms with Crippen LogP contribution >= 0.6 is 0 Å². The number of ether oxygens (including phenoxy) is 5. The van der Waals surface area contributed by atoms with Crippen LogP contribution in [0.25, 0.3) is 0 Å². The van der Waals surface area contributed by atoms with E-state index >= 15 is 0 Å². The summed E-state index contributed by atoms with van der Waals surface area (Å²) < 4.78 is 29.2.